The molecule has 0 atom stereocenters. The second kappa shape index (κ2) is 5.26. The molecule has 0 heterocycles. The summed E-state index contributed by atoms with van der Waals surface area (Å²) in [5, 5.41) is 13.9. The first-order chi connectivity index (χ1) is 9.03. The number of carbonyl (C=O) groups excluding carboxylic acids is 1. The van der Waals surface area contributed by atoms with Crippen LogP contribution in [0.5, 0.6) is 0 Å². The number of hydrogen-bond donors (Lipinski definition) is 3. The fourth-order valence-electron chi connectivity index (χ4n) is 1.75. The van der Waals surface area contributed by atoms with E-state index in [-0.39, 0.29) is 18.9 Å². The van der Waals surface area contributed by atoms with Crippen molar-refractivity contribution in [3.63, 3.8) is 0 Å². The van der Waals surface area contributed by atoms with Gasteiger partial charge in [0.25, 0.3) is 0 Å². The average Bonchev–Trinajstić information content (AvgIpc) is 3.16. The van der Waals surface area contributed by atoms with Crippen LogP contribution in [0.1, 0.15) is 18.4 Å². The number of halogens is 1. The highest BCUT2D eigenvalue weighted by Crippen LogP contribution is 2.45. The van der Waals surface area contributed by atoms with E-state index in [9.17, 15) is 14.0 Å². The molecule has 1 fully saturated rings. The van der Waals surface area contributed by atoms with Crippen molar-refractivity contribution in [2.75, 3.05) is 6.54 Å². The molecule has 3 N–H and O–H groups in total. The van der Waals surface area contributed by atoms with Crippen LogP contribution >= 0.6 is 0 Å². The van der Waals surface area contributed by atoms with Crippen molar-refractivity contribution in [1.29, 1.82) is 0 Å². The zero-order valence-electron chi connectivity index (χ0n) is 10.3. The van der Waals surface area contributed by atoms with E-state index in [1.54, 1.807) is 18.2 Å². The van der Waals surface area contributed by atoms with Gasteiger partial charge in [0.1, 0.15) is 5.82 Å². The molecule has 1 aromatic carbocycles. The number of carbonyl (C=O) groups is 2. The second-order valence-corrected chi connectivity index (χ2v) is 4.71. The summed E-state index contributed by atoms with van der Waals surface area (Å²) >= 11 is 0. The van der Waals surface area contributed by atoms with Crippen LogP contribution in [0.4, 0.5) is 9.18 Å². The maximum absolute atomic E-state index is 13.3. The number of hydrogen-bond acceptors (Lipinski definition) is 2. The van der Waals surface area contributed by atoms with E-state index < -0.39 is 17.4 Å². The van der Waals surface area contributed by atoms with Gasteiger partial charge in [0.05, 0.1) is 5.41 Å². The molecule has 2 rings (SSSR count). The van der Waals surface area contributed by atoms with Crippen LogP contribution in [0.2, 0.25) is 0 Å². The third-order valence-corrected chi connectivity index (χ3v) is 3.29. The number of urea groups is 1. The molecule has 6 heteroatoms. The van der Waals surface area contributed by atoms with Crippen LogP contribution in [-0.2, 0) is 11.3 Å². The summed E-state index contributed by atoms with van der Waals surface area (Å²) in [7, 11) is 0. The topological polar surface area (TPSA) is 78.4 Å². The quantitative estimate of drug-likeness (QED) is 0.755. The minimum Gasteiger partial charge on any atom is -0.481 e. The molecule has 0 saturated heterocycles. The standard InChI is InChI=1S/C13H15FN2O3/c14-10-4-2-1-3-9(10)7-15-12(19)16-8-13(5-6-13)11(17)18/h1-4H,5-8H2,(H,17,18)(H2,15,16,19). The van der Waals surface area contributed by atoms with E-state index >= 15 is 0 Å². The first kappa shape index (κ1) is 13.3. The van der Waals surface area contributed by atoms with Gasteiger partial charge in [-0.05, 0) is 18.9 Å². The van der Waals surface area contributed by atoms with Crippen LogP contribution in [-0.4, -0.2) is 23.7 Å². The molecular weight excluding hydrogens is 251 g/mol. The molecule has 1 saturated carbocycles. The summed E-state index contributed by atoms with van der Waals surface area (Å²) in [4.78, 5) is 22.4. The number of amides is 2. The number of nitrogens with one attached hydrogen (secondary N) is 2. The van der Waals surface area contributed by atoms with Crippen molar-refractivity contribution >= 4 is 12.0 Å². The molecule has 1 aliphatic carbocycles. The summed E-state index contributed by atoms with van der Waals surface area (Å²) in [6, 6.07) is 5.66. The molecule has 2 amide bonds. The predicted octanol–water partition coefficient (Wildman–Crippen LogP) is 1.49. The minimum absolute atomic E-state index is 0.0680. The van der Waals surface area contributed by atoms with Crippen LogP contribution in [0.15, 0.2) is 24.3 Å². The van der Waals surface area contributed by atoms with Crippen LogP contribution in [0, 0.1) is 11.2 Å². The van der Waals surface area contributed by atoms with Gasteiger partial charge >= 0.3 is 12.0 Å². The van der Waals surface area contributed by atoms with Crippen molar-refractivity contribution in [2.24, 2.45) is 5.41 Å². The zero-order valence-corrected chi connectivity index (χ0v) is 10.3. The molecule has 0 bridgehead atoms. The summed E-state index contributed by atoms with van der Waals surface area (Å²) in [6.45, 7) is 0.171. The summed E-state index contributed by atoms with van der Waals surface area (Å²) in [5.41, 5.74) is -0.410. The third-order valence-electron chi connectivity index (χ3n) is 3.29. The first-order valence-corrected chi connectivity index (χ1v) is 6.02. The van der Waals surface area contributed by atoms with Gasteiger partial charge in [0.2, 0.25) is 0 Å². The molecule has 0 unspecified atom stereocenters. The summed E-state index contributed by atoms with van der Waals surface area (Å²) in [5.74, 6) is -1.27. The highest BCUT2D eigenvalue weighted by atomic mass is 19.1. The third kappa shape index (κ3) is 3.21. The zero-order chi connectivity index (χ0) is 13.9. The normalized spacial score (nSPS) is 15.6. The van der Waals surface area contributed by atoms with Crippen molar-refractivity contribution in [2.45, 2.75) is 19.4 Å². The van der Waals surface area contributed by atoms with Gasteiger partial charge in [0.15, 0.2) is 0 Å². The van der Waals surface area contributed by atoms with Crippen molar-refractivity contribution < 1.29 is 19.1 Å². The molecule has 5 nitrogen and oxygen atoms in total. The van der Waals surface area contributed by atoms with E-state index in [4.69, 9.17) is 5.11 Å². The van der Waals surface area contributed by atoms with E-state index in [2.05, 4.69) is 10.6 Å². The summed E-state index contributed by atoms with van der Waals surface area (Å²) in [6.07, 6.45) is 1.16. The Kier molecular flexibility index (Phi) is 3.69. The number of rotatable bonds is 5. The van der Waals surface area contributed by atoms with Gasteiger partial charge in [-0.3, -0.25) is 4.79 Å². The van der Waals surface area contributed by atoms with E-state index in [1.807, 2.05) is 0 Å². The number of benzene rings is 1. The smallest absolute Gasteiger partial charge is 0.315 e. The van der Waals surface area contributed by atoms with E-state index in [0.29, 0.717) is 18.4 Å². The molecule has 1 aliphatic rings. The van der Waals surface area contributed by atoms with Gasteiger partial charge in [-0.25, -0.2) is 9.18 Å². The largest absolute Gasteiger partial charge is 0.481 e. The lowest BCUT2D eigenvalue weighted by Crippen LogP contribution is -2.40. The van der Waals surface area contributed by atoms with Crippen LogP contribution < -0.4 is 10.6 Å². The van der Waals surface area contributed by atoms with E-state index in [0.717, 1.165) is 0 Å². The molecule has 0 spiro atoms. The Labute approximate surface area is 109 Å². The molecule has 102 valence electrons. The molecular formula is C13H15FN2O3. The fourth-order valence-corrected chi connectivity index (χ4v) is 1.75. The van der Waals surface area contributed by atoms with Crippen molar-refractivity contribution in [1.82, 2.24) is 10.6 Å². The average molecular weight is 266 g/mol. The van der Waals surface area contributed by atoms with Gasteiger partial charge in [-0.2, -0.15) is 0 Å². The van der Waals surface area contributed by atoms with Gasteiger partial charge < -0.3 is 15.7 Å². The highest BCUT2D eigenvalue weighted by molar-refractivity contribution is 5.80. The predicted molar refractivity (Wildman–Crippen MR) is 65.9 cm³/mol. The molecule has 0 radical (unpaired) electrons. The number of carboxylic acid groups (broad SMARTS) is 1. The molecule has 0 aromatic heterocycles. The van der Waals surface area contributed by atoms with Crippen molar-refractivity contribution in [3.8, 4) is 0 Å². The monoisotopic (exact) mass is 266 g/mol. The second-order valence-electron chi connectivity index (χ2n) is 4.71. The fraction of sp³-hybridized carbons (Fsp3) is 0.385. The van der Waals surface area contributed by atoms with Crippen molar-refractivity contribution in [3.05, 3.63) is 35.6 Å². The lowest BCUT2D eigenvalue weighted by molar-refractivity contribution is -0.143. The van der Waals surface area contributed by atoms with E-state index in [1.165, 1.54) is 6.07 Å². The Bertz CT molecular complexity index is 500. The first-order valence-electron chi connectivity index (χ1n) is 6.02. The Hall–Kier alpha value is -2.11. The maximum Gasteiger partial charge on any atom is 0.315 e. The van der Waals surface area contributed by atoms with Gasteiger partial charge in [-0.1, -0.05) is 18.2 Å². The molecule has 1 aromatic rings. The van der Waals surface area contributed by atoms with Gasteiger partial charge in [-0.15, -0.1) is 0 Å². The molecule has 0 aliphatic heterocycles. The van der Waals surface area contributed by atoms with Crippen LogP contribution in [0.25, 0.3) is 0 Å². The van der Waals surface area contributed by atoms with Crippen LogP contribution in [0.3, 0.4) is 0 Å². The van der Waals surface area contributed by atoms with Gasteiger partial charge in [0, 0.05) is 18.7 Å². The SMILES string of the molecule is O=C(NCc1ccccc1F)NCC1(C(=O)O)CC1. The lowest BCUT2D eigenvalue weighted by Gasteiger charge is -2.12. The lowest BCUT2D eigenvalue weighted by atomic mass is 10.1. The molecule has 19 heavy (non-hydrogen) atoms. The maximum atomic E-state index is 13.3. The minimum atomic E-state index is -0.887. The Morgan fingerprint density at radius 3 is 2.53 bits per heavy atom. The number of carboxylic acids is 1. The number of aliphatic carboxylic acids is 1. The summed E-state index contributed by atoms with van der Waals surface area (Å²) < 4.78 is 13.3. The Balaban J connectivity index is 1.77. The highest BCUT2D eigenvalue weighted by Gasteiger charge is 2.50. The Morgan fingerprint density at radius 1 is 1.26 bits per heavy atom. The Morgan fingerprint density at radius 2 is 1.95 bits per heavy atom.